The van der Waals surface area contributed by atoms with Gasteiger partial charge >= 0.3 is 6.03 Å². The molecule has 0 atom stereocenters. The summed E-state index contributed by atoms with van der Waals surface area (Å²) >= 11 is 0. The third kappa shape index (κ3) is 3.12. The molecule has 0 aliphatic rings. The summed E-state index contributed by atoms with van der Waals surface area (Å²) in [5, 5.41) is 6.79. The van der Waals surface area contributed by atoms with Gasteiger partial charge in [-0.05, 0) is 42.8 Å². The summed E-state index contributed by atoms with van der Waals surface area (Å²) in [6.07, 6.45) is 1.53. The largest absolute Gasteiger partial charge is 0.341 e. The average Bonchev–Trinajstić information content (AvgIpc) is 2.60. The predicted octanol–water partition coefficient (Wildman–Crippen LogP) is 3.46. The molecule has 3 aromatic rings. The fourth-order valence-corrected chi connectivity index (χ4v) is 2.50. The molecular weight excluding hydrogens is 302 g/mol. The van der Waals surface area contributed by atoms with Crippen LogP contribution >= 0.6 is 0 Å². The maximum Gasteiger partial charge on any atom is 0.321 e. The third-order valence-corrected chi connectivity index (χ3v) is 3.81. The maximum absolute atomic E-state index is 11.8. The molecule has 0 bridgehead atoms. The molecule has 0 saturated heterocycles. The fourth-order valence-electron chi connectivity index (χ4n) is 2.50. The summed E-state index contributed by atoms with van der Waals surface area (Å²) in [7, 11) is 3.32. The van der Waals surface area contributed by atoms with E-state index in [1.165, 1.54) is 11.9 Å². The number of aromatic nitrogens is 2. The van der Waals surface area contributed by atoms with Gasteiger partial charge < -0.3 is 10.6 Å². The highest BCUT2D eigenvalue weighted by atomic mass is 16.2. The van der Waals surface area contributed by atoms with Crippen LogP contribution < -0.4 is 15.5 Å². The van der Waals surface area contributed by atoms with Gasteiger partial charge in [-0.2, -0.15) is 0 Å². The predicted molar refractivity (Wildman–Crippen MR) is 96.9 cm³/mol. The van der Waals surface area contributed by atoms with E-state index in [2.05, 4.69) is 26.7 Å². The van der Waals surface area contributed by atoms with E-state index in [0.29, 0.717) is 5.82 Å². The lowest BCUT2D eigenvalue weighted by molar-refractivity contribution is 0.249. The molecule has 122 valence electrons. The quantitative estimate of drug-likeness (QED) is 0.775. The van der Waals surface area contributed by atoms with Crippen molar-refractivity contribution in [2.24, 2.45) is 0 Å². The summed E-state index contributed by atoms with van der Waals surface area (Å²) < 4.78 is 0. The van der Waals surface area contributed by atoms with Crippen LogP contribution in [0.2, 0.25) is 0 Å². The van der Waals surface area contributed by atoms with Crippen LogP contribution in [0.5, 0.6) is 0 Å². The third-order valence-electron chi connectivity index (χ3n) is 3.81. The molecule has 1 heterocycles. The van der Waals surface area contributed by atoms with E-state index in [1.807, 2.05) is 43.3 Å². The first-order chi connectivity index (χ1) is 11.6. The minimum Gasteiger partial charge on any atom is -0.341 e. The van der Waals surface area contributed by atoms with Gasteiger partial charge in [0, 0.05) is 30.9 Å². The zero-order valence-electron chi connectivity index (χ0n) is 13.9. The summed E-state index contributed by atoms with van der Waals surface area (Å²) in [4.78, 5) is 22.0. The Bertz CT molecular complexity index is 893. The number of aryl methyl sites for hydroxylation is 1. The van der Waals surface area contributed by atoms with Crippen molar-refractivity contribution >= 4 is 34.1 Å². The van der Waals surface area contributed by atoms with Crippen LogP contribution in [0.4, 0.5) is 22.0 Å². The fraction of sp³-hybridized carbons (Fsp3) is 0.167. The van der Waals surface area contributed by atoms with E-state index < -0.39 is 0 Å². The van der Waals surface area contributed by atoms with Gasteiger partial charge in [-0.3, -0.25) is 4.90 Å². The number of urea groups is 1. The molecule has 2 N–H and O–H groups in total. The van der Waals surface area contributed by atoms with Crippen molar-refractivity contribution in [3.05, 3.63) is 54.4 Å². The zero-order valence-corrected chi connectivity index (χ0v) is 13.9. The van der Waals surface area contributed by atoms with Crippen LogP contribution in [0.1, 0.15) is 5.56 Å². The number of carbonyl (C=O) groups is 1. The first-order valence-electron chi connectivity index (χ1n) is 7.62. The molecule has 6 heteroatoms. The van der Waals surface area contributed by atoms with Gasteiger partial charge in [-0.1, -0.05) is 12.1 Å². The maximum atomic E-state index is 11.8. The van der Waals surface area contributed by atoms with Crippen LogP contribution in [0.3, 0.4) is 0 Å². The van der Waals surface area contributed by atoms with E-state index in [9.17, 15) is 4.79 Å². The van der Waals surface area contributed by atoms with Crippen LogP contribution in [-0.4, -0.2) is 30.1 Å². The average molecular weight is 321 g/mol. The molecule has 0 saturated carbocycles. The Morgan fingerprint density at radius 3 is 2.71 bits per heavy atom. The molecular formula is C18H19N5O. The van der Waals surface area contributed by atoms with Crippen molar-refractivity contribution in [1.29, 1.82) is 0 Å². The molecule has 0 aliphatic carbocycles. The smallest absolute Gasteiger partial charge is 0.321 e. The Hall–Kier alpha value is -3.15. The lowest BCUT2D eigenvalue weighted by atomic mass is 10.2. The Morgan fingerprint density at radius 2 is 1.96 bits per heavy atom. The molecule has 0 radical (unpaired) electrons. The lowest BCUT2D eigenvalue weighted by Crippen LogP contribution is -2.34. The van der Waals surface area contributed by atoms with Crippen molar-refractivity contribution in [2.45, 2.75) is 6.92 Å². The highest BCUT2D eigenvalue weighted by molar-refractivity contribution is 5.97. The number of hydrogen-bond donors (Lipinski definition) is 2. The summed E-state index contributed by atoms with van der Waals surface area (Å²) in [6.45, 7) is 2.04. The molecule has 0 spiro atoms. The number of anilines is 3. The molecule has 0 fully saturated rings. The van der Waals surface area contributed by atoms with Crippen molar-refractivity contribution in [3.8, 4) is 0 Å². The van der Waals surface area contributed by atoms with Crippen LogP contribution in [0.15, 0.2) is 48.8 Å². The van der Waals surface area contributed by atoms with Gasteiger partial charge in [0.05, 0.1) is 5.52 Å². The normalized spacial score (nSPS) is 10.5. The molecule has 6 nitrogen and oxygen atoms in total. The number of carbonyl (C=O) groups excluding carboxylic acids is 1. The number of hydrogen-bond acceptors (Lipinski definition) is 4. The zero-order chi connectivity index (χ0) is 17.1. The second-order valence-corrected chi connectivity index (χ2v) is 5.53. The lowest BCUT2D eigenvalue weighted by Gasteiger charge is -2.17. The van der Waals surface area contributed by atoms with Gasteiger partial charge in [0.15, 0.2) is 0 Å². The number of benzene rings is 2. The van der Waals surface area contributed by atoms with Crippen molar-refractivity contribution in [3.63, 3.8) is 0 Å². The second kappa shape index (κ2) is 6.54. The number of nitrogens with zero attached hydrogens (tertiary/aromatic N) is 3. The topological polar surface area (TPSA) is 70.2 Å². The molecule has 0 aliphatic heterocycles. The second-order valence-electron chi connectivity index (χ2n) is 5.53. The van der Waals surface area contributed by atoms with E-state index >= 15 is 0 Å². The molecule has 2 amide bonds. The van der Waals surface area contributed by atoms with E-state index in [4.69, 9.17) is 0 Å². The van der Waals surface area contributed by atoms with E-state index in [1.54, 1.807) is 19.0 Å². The highest BCUT2D eigenvalue weighted by Gasteiger charge is 2.11. The first-order valence-corrected chi connectivity index (χ1v) is 7.62. The van der Waals surface area contributed by atoms with E-state index in [0.717, 1.165) is 22.3 Å². The Balaban J connectivity index is 2.03. The van der Waals surface area contributed by atoms with Crippen LogP contribution in [0.25, 0.3) is 10.9 Å². The van der Waals surface area contributed by atoms with Gasteiger partial charge in [-0.25, -0.2) is 14.8 Å². The van der Waals surface area contributed by atoms with Crippen LogP contribution in [-0.2, 0) is 0 Å². The van der Waals surface area contributed by atoms with Crippen molar-refractivity contribution < 1.29 is 4.79 Å². The minimum absolute atomic E-state index is 0.181. The summed E-state index contributed by atoms with van der Waals surface area (Å²) in [6, 6.07) is 13.5. The van der Waals surface area contributed by atoms with Crippen molar-refractivity contribution in [1.82, 2.24) is 15.3 Å². The van der Waals surface area contributed by atoms with Gasteiger partial charge in [0.2, 0.25) is 0 Å². The molecule has 3 rings (SSSR count). The summed E-state index contributed by atoms with van der Waals surface area (Å²) in [5.74, 6) is 0.706. The standard InChI is InChI=1S/C18H19N5O/c1-12-5-4-6-13(9-12)22-17-15-10-14(23(3)18(24)19-2)7-8-16(15)20-11-21-17/h4-11H,1-3H3,(H,19,24)(H,20,21,22). The van der Waals surface area contributed by atoms with E-state index in [-0.39, 0.29) is 6.03 Å². The minimum atomic E-state index is -0.181. The van der Waals surface area contributed by atoms with Gasteiger partial charge in [0.1, 0.15) is 12.1 Å². The molecule has 0 unspecified atom stereocenters. The molecule has 24 heavy (non-hydrogen) atoms. The Labute approximate surface area is 140 Å². The summed E-state index contributed by atoms with van der Waals surface area (Å²) in [5.41, 5.74) is 3.71. The van der Waals surface area contributed by atoms with Gasteiger partial charge in [-0.15, -0.1) is 0 Å². The molecule has 2 aromatic carbocycles. The van der Waals surface area contributed by atoms with Gasteiger partial charge in [0.25, 0.3) is 0 Å². The number of nitrogens with one attached hydrogen (secondary N) is 2. The SMILES string of the molecule is CNC(=O)N(C)c1ccc2ncnc(Nc3cccc(C)c3)c2c1. The van der Waals surface area contributed by atoms with Crippen LogP contribution in [0, 0.1) is 6.92 Å². The molecule has 1 aromatic heterocycles. The monoisotopic (exact) mass is 321 g/mol. The van der Waals surface area contributed by atoms with Crippen molar-refractivity contribution in [2.75, 3.05) is 24.3 Å². The Kier molecular flexibility index (Phi) is 4.29. The Morgan fingerprint density at radius 1 is 1.12 bits per heavy atom. The number of fused-ring (bicyclic) bond motifs is 1. The highest BCUT2D eigenvalue weighted by Crippen LogP contribution is 2.27. The number of amides is 2. The number of rotatable bonds is 3. The first kappa shape index (κ1) is 15.7.